The van der Waals surface area contributed by atoms with Crippen LogP contribution in [0.4, 0.5) is 23.2 Å². The average Bonchev–Trinajstić information content (AvgIpc) is 2.95. The van der Waals surface area contributed by atoms with Gasteiger partial charge < -0.3 is 15.4 Å². The van der Waals surface area contributed by atoms with Crippen molar-refractivity contribution in [2.45, 2.75) is 36.7 Å². The Balaban J connectivity index is 1.55. The number of thioether (sulfide) groups is 1. The number of alkyl halides is 3. The SMILES string of the molecule is N[C@H]1CSc2ccc(C(=O)CCc3ccc(F)cc3)cc2N(Cc2ccc(OC(F)(F)F)cc2)C1=O. The minimum absolute atomic E-state index is 0.0552. The van der Waals surface area contributed by atoms with Crippen LogP contribution in [-0.4, -0.2) is 29.8 Å². The number of nitrogens with zero attached hydrogens (tertiary/aromatic N) is 1. The smallest absolute Gasteiger partial charge is 0.406 e. The van der Waals surface area contributed by atoms with E-state index >= 15 is 0 Å². The second-order valence-corrected chi connectivity index (χ2v) is 9.33. The normalized spacial score (nSPS) is 15.9. The van der Waals surface area contributed by atoms with Crippen molar-refractivity contribution in [3.63, 3.8) is 0 Å². The number of hydrogen-bond donors (Lipinski definition) is 1. The van der Waals surface area contributed by atoms with Gasteiger partial charge in [0.2, 0.25) is 5.91 Å². The molecule has 0 aromatic heterocycles. The van der Waals surface area contributed by atoms with Gasteiger partial charge in [-0.25, -0.2) is 4.39 Å². The van der Waals surface area contributed by atoms with Gasteiger partial charge in [-0.15, -0.1) is 24.9 Å². The van der Waals surface area contributed by atoms with Gasteiger partial charge in [0.05, 0.1) is 18.3 Å². The van der Waals surface area contributed by atoms with Crippen LogP contribution in [0.1, 0.15) is 27.9 Å². The third kappa shape index (κ3) is 6.44. The molecule has 36 heavy (non-hydrogen) atoms. The fourth-order valence-electron chi connectivity index (χ4n) is 3.79. The van der Waals surface area contributed by atoms with Crippen LogP contribution in [-0.2, 0) is 17.8 Å². The van der Waals surface area contributed by atoms with Crippen LogP contribution in [0.5, 0.6) is 5.75 Å². The average molecular weight is 519 g/mol. The molecule has 0 spiro atoms. The molecule has 0 unspecified atom stereocenters. The number of fused-ring (bicyclic) bond motifs is 1. The molecule has 5 nitrogen and oxygen atoms in total. The Kier molecular flexibility index (Phi) is 7.65. The van der Waals surface area contributed by atoms with Crippen LogP contribution in [0.25, 0.3) is 0 Å². The van der Waals surface area contributed by atoms with E-state index in [-0.39, 0.29) is 36.2 Å². The lowest BCUT2D eigenvalue weighted by Crippen LogP contribution is -2.44. The van der Waals surface area contributed by atoms with Crippen molar-refractivity contribution in [2.75, 3.05) is 10.7 Å². The molecule has 4 rings (SSSR count). The van der Waals surface area contributed by atoms with Gasteiger partial charge in [-0.3, -0.25) is 9.59 Å². The molecule has 10 heteroatoms. The Morgan fingerprint density at radius 3 is 2.36 bits per heavy atom. The summed E-state index contributed by atoms with van der Waals surface area (Å²) >= 11 is 1.40. The summed E-state index contributed by atoms with van der Waals surface area (Å²) in [6, 6.07) is 15.5. The summed E-state index contributed by atoms with van der Waals surface area (Å²) in [5.41, 5.74) is 8.39. The van der Waals surface area contributed by atoms with Crippen molar-refractivity contribution < 1.29 is 31.9 Å². The molecule has 1 aliphatic heterocycles. The summed E-state index contributed by atoms with van der Waals surface area (Å²) in [4.78, 5) is 28.2. The molecule has 0 aliphatic carbocycles. The van der Waals surface area contributed by atoms with E-state index < -0.39 is 12.4 Å². The van der Waals surface area contributed by atoms with Gasteiger partial charge in [0.25, 0.3) is 0 Å². The van der Waals surface area contributed by atoms with Gasteiger partial charge in [-0.2, -0.15) is 0 Å². The lowest BCUT2D eigenvalue weighted by atomic mass is 10.0. The van der Waals surface area contributed by atoms with Crippen molar-refractivity contribution in [1.29, 1.82) is 0 Å². The van der Waals surface area contributed by atoms with Crippen LogP contribution in [0.2, 0.25) is 0 Å². The maximum Gasteiger partial charge on any atom is 0.573 e. The first-order chi connectivity index (χ1) is 17.1. The van der Waals surface area contributed by atoms with Gasteiger partial charge in [0.15, 0.2) is 5.78 Å². The van der Waals surface area contributed by atoms with Crippen molar-refractivity contribution in [1.82, 2.24) is 0 Å². The first kappa shape index (κ1) is 25.7. The number of aryl methyl sites for hydroxylation is 1. The third-order valence-electron chi connectivity index (χ3n) is 5.62. The summed E-state index contributed by atoms with van der Waals surface area (Å²) in [5.74, 6) is -0.859. The minimum Gasteiger partial charge on any atom is -0.406 e. The first-order valence-electron chi connectivity index (χ1n) is 11.1. The summed E-state index contributed by atoms with van der Waals surface area (Å²) in [6.07, 6.45) is -4.17. The lowest BCUT2D eigenvalue weighted by Gasteiger charge is -2.25. The highest BCUT2D eigenvalue weighted by atomic mass is 32.2. The highest BCUT2D eigenvalue weighted by Crippen LogP contribution is 2.36. The number of Topliss-reactive ketones (excluding diaryl/α,β-unsaturated/α-hetero) is 1. The fraction of sp³-hybridized carbons (Fsp3) is 0.231. The van der Waals surface area contributed by atoms with E-state index in [1.807, 2.05) is 0 Å². The Hall–Kier alpha value is -3.37. The molecule has 188 valence electrons. The van der Waals surface area contributed by atoms with Gasteiger partial charge in [-0.1, -0.05) is 30.3 Å². The number of hydrogen-bond acceptors (Lipinski definition) is 5. The Bertz CT molecular complexity index is 1250. The van der Waals surface area contributed by atoms with Crippen LogP contribution < -0.4 is 15.4 Å². The maximum atomic E-state index is 13.1. The second-order valence-electron chi connectivity index (χ2n) is 8.27. The Labute approximate surface area is 209 Å². The number of carbonyl (C=O) groups excluding carboxylic acids is 2. The third-order valence-corrected chi connectivity index (χ3v) is 6.81. The zero-order valence-corrected chi connectivity index (χ0v) is 19.7. The molecule has 1 amide bonds. The molecule has 2 N–H and O–H groups in total. The molecular formula is C26H22F4N2O3S. The van der Waals surface area contributed by atoms with Gasteiger partial charge in [-0.05, 0) is 53.9 Å². The van der Waals surface area contributed by atoms with E-state index in [1.165, 1.54) is 53.1 Å². The van der Waals surface area contributed by atoms with Crippen molar-refractivity contribution >= 4 is 29.1 Å². The van der Waals surface area contributed by atoms with E-state index in [2.05, 4.69) is 4.74 Å². The molecule has 1 atom stereocenters. The molecule has 0 saturated heterocycles. The minimum atomic E-state index is -4.80. The van der Waals surface area contributed by atoms with E-state index in [9.17, 15) is 27.2 Å². The first-order valence-corrected chi connectivity index (χ1v) is 12.0. The predicted octanol–water partition coefficient (Wildman–Crippen LogP) is 5.51. The number of rotatable bonds is 7. The zero-order valence-electron chi connectivity index (χ0n) is 18.9. The standard InChI is InChI=1S/C26H22F4N2O3S/c27-19-7-1-16(2-8-19)5-11-23(33)18-6-12-24-22(13-18)32(25(34)21(31)15-36-24)14-17-3-9-20(10-4-17)35-26(28,29)30/h1-4,6-10,12-13,21H,5,11,14-15,31H2/t21-/m0/s1. The highest BCUT2D eigenvalue weighted by Gasteiger charge is 2.32. The van der Waals surface area contributed by atoms with Crippen LogP contribution >= 0.6 is 11.8 Å². The Morgan fingerprint density at radius 2 is 1.69 bits per heavy atom. The van der Waals surface area contributed by atoms with Gasteiger partial charge in [0.1, 0.15) is 11.6 Å². The lowest BCUT2D eigenvalue weighted by molar-refractivity contribution is -0.274. The summed E-state index contributed by atoms with van der Waals surface area (Å²) < 4.78 is 54.4. The zero-order chi connectivity index (χ0) is 25.9. The molecule has 0 saturated carbocycles. The van der Waals surface area contributed by atoms with E-state index in [1.54, 1.807) is 30.3 Å². The molecule has 1 heterocycles. The number of halogens is 4. The summed E-state index contributed by atoms with van der Waals surface area (Å²) in [6.45, 7) is 0.0552. The number of carbonyl (C=O) groups is 2. The van der Waals surface area contributed by atoms with Crippen LogP contribution in [0.15, 0.2) is 71.6 Å². The van der Waals surface area contributed by atoms with Crippen molar-refractivity contribution in [2.24, 2.45) is 5.73 Å². The van der Waals surface area contributed by atoms with E-state index in [0.29, 0.717) is 29.0 Å². The predicted molar refractivity (Wildman–Crippen MR) is 129 cm³/mol. The largest absolute Gasteiger partial charge is 0.573 e. The number of ketones is 1. The van der Waals surface area contributed by atoms with Gasteiger partial charge in [0, 0.05) is 22.6 Å². The van der Waals surface area contributed by atoms with E-state index in [0.717, 1.165) is 10.5 Å². The molecule has 0 fully saturated rings. The molecule has 0 bridgehead atoms. The highest BCUT2D eigenvalue weighted by molar-refractivity contribution is 7.99. The number of amides is 1. The van der Waals surface area contributed by atoms with Crippen molar-refractivity contribution in [3.05, 3.63) is 89.2 Å². The summed E-state index contributed by atoms with van der Waals surface area (Å²) in [7, 11) is 0. The van der Waals surface area contributed by atoms with E-state index in [4.69, 9.17) is 5.73 Å². The fourth-order valence-corrected chi connectivity index (χ4v) is 4.77. The molecule has 3 aromatic rings. The van der Waals surface area contributed by atoms with Crippen LogP contribution in [0.3, 0.4) is 0 Å². The number of nitrogens with two attached hydrogens (primary N) is 1. The number of anilines is 1. The monoisotopic (exact) mass is 518 g/mol. The topological polar surface area (TPSA) is 72.6 Å². The van der Waals surface area contributed by atoms with Gasteiger partial charge >= 0.3 is 6.36 Å². The number of ether oxygens (including phenoxy) is 1. The molecule has 3 aromatic carbocycles. The number of benzene rings is 3. The maximum absolute atomic E-state index is 13.1. The quantitative estimate of drug-likeness (QED) is 0.330. The Morgan fingerprint density at radius 1 is 1.03 bits per heavy atom. The molecular weight excluding hydrogens is 496 g/mol. The molecule has 0 radical (unpaired) electrons. The van der Waals surface area contributed by atoms with Crippen LogP contribution in [0, 0.1) is 5.82 Å². The molecule has 1 aliphatic rings. The second kappa shape index (κ2) is 10.7. The van der Waals surface area contributed by atoms with Crippen molar-refractivity contribution in [3.8, 4) is 5.75 Å². The summed E-state index contributed by atoms with van der Waals surface area (Å²) in [5, 5.41) is 0.